The van der Waals surface area contributed by atoms with E-state index in [1.54, 1.807) is 0 Å². The highest BCUT2D eigenvalue weighted by Crippen LogP contribution is 2.40. The van der Waals surface area contributed by atoms with Gasteiger partial charge in [-0.25, -0.2) is 0 Å². The number of rotatable bonds is 3. The molecule has 0 saturated carbocycles. The van der Waals surface area contributed by atoms with Crippen LogP contribution in [0.3, 0.4) is 0 Å². The summed E-state index contributed by atoms with van der Waals surface area (Å²) < 4.78 is 16.6. The molecule has 0 bridgehead atoms. The molecule has 0 N–H and O–H groups in total. The van der Waals surface area contributed by atoms with E-state index < -0.39 is 0 Å². The summed E-state index contributed by atoms with van der Waals surface area (Å²) in [5.41, 5.74) is -0.263. The Kier molecular flexibility index (Phi) is 4.42. The number of carbonyl (C=O) groups excluding carboxylic acids is 1. The quantitative estimate of drug-likeness (QED) is 0.737. The molecule has 0 aromatic heterocycles. The molecule has 20 heavy (non-hydrogen) atoms. The fourth-order valence-corrected chi connectivity index (χ4v) is 3.52. The second-order valence-corrected chi connectivity index (χ2v) is 6.95. The van der Waals surface area contributed by atoms with E-state index in [2.05, 4.69) is 32.6 Å². The Morgan fingerprint density at radius 3 is 2.60 bits per heavy atom. The van der Waals surface area contributed by atoms with Crippen LogP contribution < -0.4 is 0 Å². The lowest BCUT2D eigenvalue weighted by Gasteiger charge is -2.40. The molecule has 5 nitrogen and oxygen atoms in total. The van der Waals surface area contributed by atoms with E-state index in [-0.39, 0.29) is 23.3 Å². The van der Waals surface area contributed by atoms with Crippen molar-refractivity contribution in [1.29, 1.82) is 0 Å². The van der Waals surface area contributed by atoms with E-state index in [9.17, 15) is 4.79 Å². The average molecular weight is 285 g/mol. The van der Waals surface area contributed by atoms with Crippen LogP contribution in [0, 0.1) is 0 Å². The molecule has 0 aromatic rings. The summed E-state index contributed by atoms with van der Waals surface area (Å²) in [6.07, 6.45) is 1.26. The van der Waals surface area contributed by atoms with Crippen LogP contribution in [-0.4, -0.2) is 61.0 Å². The molecule has 2 aliphatic rings. The van der Waals surface area contributed by atoms with Crippen LogP contribution in [0.1, 0.15) is 40.5 Å². The monoisotopic (exact) mass is 285 g/mol. The Balaban J connectivity index is 2.00. The van der Waals surface area contributed by atoms with Gasteiger partial charge in [-0.05, 0) is 34.1 Å². The van der Waals surface area contributed by atoms with E-state index in [0.717, 1.165) is 19.5 Å². The summed E-state index contributed by atoms with van der Waals surface area (Å²) >= 11 is 0. The first-order valence-corrected chi connectivity index (χ1v) is 7.36. The molecule has 0 radical (unpaired) electrons. The highest BCUT2D eigenvalue weighted by Gasteiger charge is 2.49. The number of methoxy groups -OCH3 is 1. The lowest BCUT2D eigenvalue weighted by Crippen LogP contribution is -2.53. The summed E-state index contributed by atoms with van der Waals surface area (Å²) in [4.78, 5) is 13.8. The largest absolute Gasteiger partial charge is 0.469 e. The smallest absolute Gasteiger partial charge is 0.308 e. The summed E-state index contributed by atoms with van der Waals surface area (Å²) in [6, 6.07) is 0.363. The highest BCUT2D eigenvalue weighted by atomic mass is 16.5. The Hall–Kier alpha value is -0.650. The lowest BCUT2D eigenvalue weighted by molar-refractivity contribution is -0.147. The third-order valence-electron chi connectivity index (χ3n) is 4.26. The zero-order valence-corrected chi connectivity index (χ0v) is 13.3. The molecule has 2 fully saturated rings. The molecule has 0 aliphatic carbocycles. The molecule has 0 spiro atoms. The predicted octanol–water partition coefficient (Wildman–Crippen LogP) is 1.60. The minimum Gasteiger partial charge on any atom is -0.469 e. The van der Waals surface area contributed by atoms with Gasteiger partial charge in [-0.15, -0.1) is 0 Å². The Labute approximate surface area is 121 Å². The van der Waals surface area contributed by atoms with Crippen molar-refractivity contribution in [2.75, 3.05) is 26.8 Å². The van der Waals surface area contributed by atoms with Gasteiger partial charge in [0.1, 0.15) is 0 Å². The summed E-state index contributed by atoms with van der Waals surface area (Å²) in [5.74, 6) is -0.209. The molecular formula is C15H27NO4. The molecule has 2 heterocycles. The van der Waals surface area contributed by atoms with Crippen LogP contribution in [-0.2, 0) is 19.0 Å². The third kappa shape index (κ3) is 3.51. The van der Waals surface area contributed by atoms with Crippen molar-refractivity contribution in [3.8, 4) is 0 Å². The van der Waals surface area contributed by atoms with Crippen LogP contribution in [0.25, 0.3) is 0 Å². The van der Waals surface area contributed by atoms with Crippen LogP contribution in [0.4, 0.5) is 0 Å². The molecule has 0 amide bonds. The summed E-state index contributed by atoms with van der Waals surface area (Å²) in [7, 11) is 1.42. The van der Waals surface area contributed by atoms with Gasteiger partial charge in [0.15, 0.2) is 0 Å². The number of ether oxygens (including phenoxy) is 3. The van der Waals surface area contributed by atoms with E-state index in [4.69, 9.17) is 14.2 Å². The minimum atomic E-state index is -0.209. The topological polar surface area (TPSA) is 48.0 Å². The summed E-state index contributed by atoms with van der Waals surface area (Å²) in [5, 5.41) is 0. The molecular weight excluding hydrogens is 258 g/mol. The second kappa shape index (κ2) is 5.62. The van der Waals surface area contributed by atoms with E-state index in [1.165, 1.54) is 7.11 Å². The van der Waals surface area contributed by atoms with Crippen LogP contribution in [0.15, 0.2) is 0 Å². The molecule has 5 heteroatoms. The first kappa shape index (κ1) is 15.7. The van der Waals surface area contributed by atoms with Gasteiger partial charge in [0.05, 0.1) is 37.4 Å². The van der Waals surface area contributed by atoms with Crippen molar-refractivity contribution in [3.63, 3.8) is 0 Å². The van der Waals surface area contributed by atoms with Crippen LogP contribution in [0.5, 0.6) is 0 Å². The first-order valence-electron chi connectivity index (χ1n) is 7.36. The van der Waals surface area contributed by atoms with E-state index >= 15 is 0 Å². The maximum Gasteiger partial charge on any atom is 0.308 e. The number of nitrogens with zero attached hydrogens (tertiary/aromatic N) is 1. The minimum absolute atomic E-state index is 0.0734. The van der Waals surface area contributed by atoms with Crippen LogP contribution in [0.2, 0.25) is 0 Å². The highest BCUT2D eigenvalue weighted by molar-refractivity contribution is 5.69. The number of carbonyl (C=O) groups is 1. The van der Waals surface area contributed by atoms with Crippen molar-refractivity contribution < 1.29 is 19.0 Å². The van der Waals surface area contributed by atoms with Gasteiger partial charge in [-0.3, -0.25) is 9.69 Å². The number of morpholine rings is 1. The Bertz CT molecular complexity index is 367. The molecule has 2 atom stereocenters. The predicted molar refractivity (Wildman–Crippen MR) is 75.6 cm³/mol. The average Bonchev–Trinajstić information content (AvgIpc) is 2.57. The standard InChI is InChI=1S/C15H27NO4/c1-14(2)9-12(15(3,4)20-14)16-6-7-19-11(10-16)8-13(17)18-5/h11-12H,6-10H2,1-5H3. The van der Waals surface area contributed by atoms with Crippen molar-refractivity contribution in [2.24, 2.45) is 0 Å². The van der Waals surface area contributed by atoms with Gasteiger partial charge in [-0.1, -0.05) is 0 Å². The number of hydrogen-bond donors (Lipinski definition) is 0. The first-order chi connectivity index (χ1) is 9.23. The molecule has 116 valence electrons. The van der Waals surface area contributed by atoms with Gasteiger partial charge in [0.2, 0.25) is 0 Å². The van der Waals surface area contributed by atoms with Crippen molar-refractivity contribution >= 4 is 5.97 Å². The summed E-state index contributed by atoms with van der Waals surface area (Å²) in [6.45, 7) is 10.9. The van der Waals surface area contributed by atoms with Gasteiger partial charge in [-0.2, -0.15) is 0 Å². The van der Waals surface area contributed by atoms with Gasteiger partial charge in [0, 0.05) is 19.1 Å². The maximum absolute atomic E-state index is 11.4. The zero-order chi connectivity index (χ0) is 15.0. The van der Waals surface area contributed by atoms with Crippen molar-refractivity contribution in [1.82, 2.24) is 4.90 Å². The SMILES string of the molecule is COC(=O)CC1CN(C2CC(C)(C)OC2(C)C)CCO1. The fourth-order valence-electron chi connectivity index (χ4n) is 3.52. The van der Waals surface area contributed by atoms with Gasteiger partial charge < -0.3 is 14.2 Å². The van der Waals surface area contributed by atoms with Crippen LogP contribution >= 0.6 is 0 Å². The number of hydrogen-bond acceptors (Lipinski definition) is 5. The van der Waals surface area contributed by atoms with E-state index in [1.807, 2.05) is 0 Å². The van der Waals surface area contributed by atoms with E-state index in [0.29, 0.717) is 19.1 Å². The van der Waals surface area contributed by atoms with Gasteiger partial charge >= 0.3 is 5.97 Å². The zero-order valence-electron chi connectivity index (χ0n) is 13.3. The number of esters is 1. The Morgan fingerprint density at radius 1 is 1.35 bits per heavy atom. The molecule has 2 saturated heterocycles. The van der Waals surface area contributed by atoms with Gasteiger partial charge in [0.25, 0.3) is 0 Å². The van der Waals surface area contributed by atoms with Crippen molar-refractivity contribution in [3.05, 3.63) is 0 Å². The third-order valence-corrected chi connectivity index (χ3v) is 4.26. The molecule has 2 unspecified atom stereocenters. The maximum atomic E-state index is 11.4. The van der Waals surface area contributed by atoms with Crippen molar-refractivity contribution in [2.45, 2.75) is 63.9 Å². The Morgan fingerprint density at radius 2 is 2.05 bits per heavy atom. The molecule has 2 aliphatic heterocycles. The molecule has 0 aromatic carbocycles. The fraction of sp³-hybridized carbons (Fsp3) is 0.933. The second-order valence-electron chi connectivity index (χ2n) is 6.95. The molecule has 2 rings (SSSR count). The normalized spacial score (nSPS) is 33.0. The lowest BCUT2D eigenvalue weighted by atomic mass is 9.92.